The summed E-state index contributed by atoms with van der Waals surface area (Å²) in [4.78, 5) is 2.44. The SMILES string of the molecule is C[Si]1(C)c2cc(-c3ccccc3)ccc2B2c3ccc(-c4ccccc4)cc3-c3cc(N(c4ccccc4)c4ccccc4)cc1c32. The third-order valence-corrected chi connectivity index (χ3v) is 13.9. The molecule has 0 atom stereocenters. The quantitative estimate of drug-likeness (QED) is 0.177. The lowest BCUT2D eigenvalue weighted by molar-refractivity contribution is 1.29. The molecule has 2 aliphatic rings. The van der Waals surface area contributed by atoms with E-state index in [0.29, 0.717) is 0 Å². The molecule has 0 bridgehead atoms. The summed E-state index contributed by atoms with van der Waals surface area (Å²) in [7, 11) is -2.15. The Morgan fingerprint density at radius 1 is 0.404 bits per heavy atom. The molecule has 0 N–H and O–H groups in total. The minimum absolute atomic E-state index is 0.233. The maximum absolute atomic E-state index is 2.56. The molecule has 0 amide bonds. The predicted octanol–water partition coefficient (Wildman–Crippen LogP) is 8.12. The summed E-state index contributed by atoms with van der Waals surface area (Å²) >= 11 is 0. The summed E-state index contributed by atoms with van der Waals surface area (Å²) in [6.07, 6.45) is 0. The van der Waals surface area contributed by atoms with Crippen molar-refractivity contribution < 1.29 is 0 Å². The van der Waals surface area contributed by atoms with Crippen molar-refractivity contribution in [2.45, 2.75) is 13.1 Å². The van der Waals surface area contributed by atoms with Crippen LogP contribution in [-0.4, -0.2) is 14.8 Å². The number of para-hydroxylation sites is 2. The van der Waals surface area contributed by atoms with E-state index in [1.54, 1.807) is 10.4 Å². The first-order valence-electron chi connectivity index (χ1n) is 16.6. The van der Waals surface area contributed by atoms with Crippen LogP contribution in [0.3, 0.4) is 0 Å². The molecule has 0 spiro atoms. The summed E-state index contributed by atoms with van der Waals surface area (Å²) < 4.78 is 0. The summed E-state index contributed by atoms with van der Waals surface area (Å²) in [5, 5.41) is 3.09. The van der Waals surface area contributed by atoms with E-state index in [1.807, 2.05) is 0 Å². The molecule has 3 heteroatoms. The summed E-state index contributed by atoms with van der Waals surface area (Å²) in [5.41, 5.74) is 15.8. The van der Waals surface area contributed by atoms with Crippen LogP contribution in [0.15, 0.2) is 170 Å². The Morgan fingerprint density at radius 2 is 0.915 bits per heavy atom. The number of benzene rings is 7. The largest absolute Gasteiger partial charge is 0.310 e. The van der Waals surface area contributed by atoms with E-state index in [9.17, 15) is 0 Å². The van der Waals surface area contributed by atoms with Crippen molar-refractivity contribution in [2.75, 3.05) is 4.90 Å². The molecule has 0 saturated heterocycles. The highest BCUT2D eigenvalue weighted by atomic mass is 28.3. The first kappa shape index (κ1) is 27.9. The highest BCUT2D eigenvalue weighted by molar-refractivity contribution is 7.15. The minimum atomic E-state index is -2.15. The van der Waals surface area contributed by atoms with E-state index in [4.69, 9.17) is 0 Å². The van der Waals surface area contributed by atoms with Crippen LogP contribution in [-0.2, 0) is 0 Å². The van der Waals surface area contributed by atoms with Crippen molar-refractivity contribution in [3.63, 3.8) is 0 Å². The second-order valence-electron chi connectivity index (χ2n) is 13.4. The van der Waals surface area contributed by atoms with Crippen LogP contribution in [0.4, 0.5) is 17.1 Å². The van der Waals surface area contributed by atoms with Gasteiger partial charge in [-0.05, 0) is 75.8 Å². The molecular weight excluding hydrogens is 581 g/mol. The van der Waals surface area contributed by atoms with E-state index in [1.165, 1.54) is 66.8 Å². The average molecular weight is 616 g/mol. The van der Waals surface area contributed by atoms with Gasteiger partial charge in [0.15, 0.2) is 0 Å². The Morgan fingerprint density at radius 3 is 1.49 bits per heavy atom. The number of fused-ring (bicyclic) bond motifs is 5. The monoisotopic (exact) mass is 615 g/mol. The highest BCUT2D eigenvalue weighted by Crippen LogP contribution is 2.38. The molecule has 0 unspecified atom stereocenters. The molecule has 2 aliphatic heterocycles. The normalized spacial score (nSPS) is 13.4. The van der Waals surface area contributed by atoms with Crippen LogP contribution in [0.1, 0.15) is 0 Å². The molecule has 7 aromatic carbocycles. The lowest BCUT2D eigenvalue weighted by Gasteiger charge is -2.38. The Balaban J connectivity index is 1.33. The number of anilines is 3. The van der Waals surface area contributed by atoms with Crippen LogP contribution < -0.4 is 31.7 Å². The lowest BCUT2D eigenvalue weighted by Crippen LogP contribution is -2.75. The van der Waals surface area contributed by atoms with Crippen molar-refractivity contribution in [1.82, 2.24) is 0 Å². The number of nitrogens with zero attached hydrogens (tertiary/aromatic N) is 1. The third kappa shape index (κ3) is 4.46. The van der Waals surface area contributed by atoms with Crippen molar-refractivity contribution >= 4 is 58.6 Å². The van der Waals surface area contributed by atoms with Crippen LogP contribution >= 0.6 is 0 Å². The van der Waals surface area contributed by atoms with E-state index >= 15 is 0 Å². The Labute approximate surface area is 278 Å². The van der Waals surface area contributed by atoms with Gasteiger partial charge in [0.25, 0.3) is 0 Å². The number of rotatable bonds is 5. The van der Waals surface area contributed by atoms with Gasteiger partial charge in [0.2, 0.25) is 6.71 Å². The maximum Gasteiger partial charge on any atom is 0.242 e. The molecule has 0 aromatic heterocycles. The molecule has 7 aromatic rings. The topological polar surface area (TPSA) is 3.24 Å². The first-order chi connectivity index (χ1) is 23.1. The number of hydrogen-bond acceptors (Lipinski definition) is 1. The standard InChI is InChI=1S/C44H34BNSi/c1-47(2)42-28-34(32-17-9-4-10-18-32)24-26-41(42)45-40-25-23-33(31-15-7-3-8-16-31)27-38(40)39-29-37(30-43(47)44(39)45)46(35-19-11-5-12-20-35)36-21-13-6-14-22-36/h3-30H,1-2H3. The zero-order valence-corrected chi connectivity index (χ0v) is 27.7. The zero-order chi connectivity index (χ0) is 31.5. The van der Waals surface area contributed by atoms with Crippen molar-refractivity contribution in [2.24, 2.45) is 0 Å². The molecule has 0 aliphatic carbocycles. The van der Waals surface area contributed by atoms with Gasteiger partial charge < -0.3 is 4.90 Å². The molecule has 47 heavy (non-hydrogen) atoms. The third-order valence-electron chi connectivity index (χ3n) is 10.3. The van der Waals surface area contributed by atoms with Gasteiger partial charge in [-0.1, -0.05) is 167 Å². The Bertz CT molecular complexity index is 2230. The summed E-state index contributed by atoms with van der Waals surface area (Å²) in [6, 6.07) is 62.8. The zero-order valence-electron chi connectivity index (χ0n) is 26.7. The molecule has 222 valence electrons. The molecule has 2 heterocycles. The van der Waals surface area contributed by atoms with Gasteiger partial charge in [-0.15, -0.1) is 0 Å². The minimum Gasteiger partial charge on any atom is -0.310 e. The van der Waals surface area contributed by atoms with Crippen LogP contribution in [0, 0.1) is 0 Å². The molecule has 9 rings (SSSR count). The fourth-order valence-electron chi connectivity index (χ4n) is 8.05. The Hall–Kier alpha value is -5.38. The van der Waals surface area contributed by atoms with Gasteiger partial charge in [-0.25, -0.2) is 0 Å². The highest BCUT2D eigenvalue weighted by Gasteiger charge is 2.47. The van der Waals surface area contributed by atoms with E-state index in [2.05, 4.69) is 188 Å². The summed E-state index contributed by atoms with van der Waals surface area (Å²) in [5.74, 6) is 0. The van der Waals surface area contributed by atoms with Gasteiger partial charge in [-0.2, -0.15) is 0 Å². The van der Waals surface area contributed by atoms with Gasteiger partial charge in [0.1, 0.15) is 8.07 Å². The average Bonchev–Trinajstić information content (AvgIpc) is 3.46. The fraction of sp³-hybridized carbons (Fsp3) is 0.0455. The van der Waals surface area contributed by atoms with E-state index < -0.39 is 8.07 Å². The molecule has 0 saturated carbocycles. The summed E-state index contributed by atoms with van der Waals surface area (Å²) in [6.45, 7) is 5.35. The van der Waals surface area contributed by atoms with Crippen LogP contribution in [0.2, 0.25) is 13.1 Å². The molecule has 1 nitrogen and oxygen atoms in total. The second-order valence-corrected chi connectivity index (χ2v) is 17.7. The fourth-order valence-corrected chi connectivity index (χ4v) is 11.3. The maximum atomic E-state index is 2.56. The van der Waals surface area contributed by atoms with Gasteiger partial charge in [0, 0.05) is 17.1 Å². The van der Waals surface area contributed by atoms with E-state index in [-0.39, 0.29) is 6.71 Å². The smallest absolute Gasteiger partial charge is 0.242 e. The van der Waals surface area contributed by atoms with Crippen molar-refractivity contribution in [1.29, 1.82) is 0 Å². The Kier molecular flexibility index (Phi) is 6.45. The van der Waals surface area contributed by atoms with Crippen LogP contribution in [0.25, 0.3) is 33.4 Å². The first-order valence-corrected chi connectivity index (χ1v) is 19.6. The van der Waals surface area contributed by atoms with Crippen LogP contribution in [0.5, 0.6) is 0 Å². The lowest BCUT2D eigenvalue weighted by atomic mass is 9.38. The van der Waals surface area contributed by atoms with Crippen molar-refractivity contribution in [3.8, 4) is 33.4 Å². The predicted molar refractivity (Wildman–Crippen MR) is 205 cm³/mol. The van der Waals surface area contributed by atoms with Gasteiger partial charge >= 0.3 is 0 Å². The van der Waals surface area contributed by atoms with Gasteiger partial charge in [-0.3, -0.25) is 0 Å². The number of hydrogen-bond donors (Lipinski definition) is 0. The van der Waals surface area contributed by atoms with Crippen molar-refractivity contribution in [3.05, 3.63) is 170 Å². The van der Waals surface area contributed by atoms with E-state index in [0.717, 1.165) is 0 Å². The molecule has 0 radical (unpaired) electrons. The van der Waals surface area contributed by atoms with Gasteiger partial charge in [0.05, 0.1) is 0 Å². The molecular formula is C44H34BNSi. The second kappa shape index (κ2) is 10.9. The molecule has 0 fully saturated rings.